The van der Waals surface area contributed by atoms with E-state index in [4.69, 9.17) is 5.73 Å². The van der Waals surface area contributed by atoms with Crippen molar-refractivity contribution in [3.63, 3.8) is 0 Å². The van der Waals surface area contributed by atoms with Gasteiger partial charge < -0.3 is 11.1 Å². The Labute approximate surface area is 119 Å². The van der Waals surface area contributed by atoms with E-state index < -0.39 is 0 Å². The number of aromatic nitrogens is 2. The summed E-state index contributed by atoms with van der Waals surface area (Å²) in [7, 11) is 1.79. The number of amides is 1. The molecular formula is C13H15BrN4O. The Bertz CT molecular complexity index is 625. The fourth-order valence-electron chi connectivity index (χ4n) is 1.80. The third kappa shape index (κ3) is 2.63. The van der Waals surface area contributed by atoms with Crippen molar-refractivity contribution >= 4 is 33.2 Å². The second-order valence-corrected chi connectivity index (χ2v) is 5.29. The molecule has 100 valence electrons. The average Bonchev–Trinajstić information content (AvgIpc) is 2.64. The summed E-state index contributed by atoms with van der Waals surface area (Å²) >= 11 is 3.41. The maximum atomic E-state index is 12.2. The molecule has 0 radical (unpaired) electrons. The number of hydrogen-bond donors (Lipinski definition) is 2. The topological polar surface area (TPSA) is 72.9 Å². The second kappa shape index (κ2) is 5.05. The molecule has 5 nitrogen and oxygen atoms in total. The Balaban J connectivity index is 2.32. The number of nitrogens with zero attached hydrogens (tertiary/aromatic N) is 2. The van der Waals surface area contributed by atoms with E-state index in [2.05, 4.69) is 26.3 Å². The van der Waals surface area contributed by atoms with Crippen LogP contribution in [0.5, 0.6) is 0 Å². The average molecular weight is 323 g/mol. The lowest BCUT2D eigenvalue weighted by atomic mass is 10.2. The fourth-order valence-corrected chi connectivity index (χ4v) is 2.49. The highest BCUT2D eigenvalue weighted by atomic mass is 79.9. The molecule has 0 saturated heterocycles. The molecule has 1 heterocycles. The van der Waals surface area contributed by atoms with Gasteiger partial charge in [-0.2, -0.15) is 5.10 Å². The Morgan fingerprint density at radius 3 is 2.63 bits per heavy atom. The molecule has 0 aliphatic carbocycles. The van der Waals surface area contributed by atoms with Crippen LogP contribution < -0.4 is 11.1 Å². The second-order valence-electron chi connectivity index (χ2n) is 4.43. The van der Waals surface area contributed by atoms with Crippen LogP contribution in [0.15, 0.2) is 22.8 Å². The Morgan fingerprint density at radius 1 is 1.42 bits per heavy atom. The van der Waals surface area contributed by atoms with E-state index >= 15 is 0 Å². The van der Waals surface area contributed by atoms with Crippen molar-refractivity contribution in [3.8, 4) is 0 Å². The number of nitrogen functional groups attached to an aromatic ring is 1. The number of nitrogens with one attached hydrogen (secondary N) is 1. The Morgan fingerprint density at radius 2 is 2.11 bits per heavy atom. The van der Waals surface area contributed by atoms with Crippen molar-refractivity contribution in [1.29, 1.82) is 0 Å². The predicted molar refractivity (Wildman–Crippen MR) is 79.2 cm³/mol. The van der Waals surface area contributed by atoms with E-state index in [0.717, 1.165) is 15.7 Å². The van der Waals surface area contributed by atoms with Gasteiger partial charge in [0.25, 0.3) is 5.91 Å². The number of rotatable bonds is 2. The monoisotopic (exact) mass is 322 g/mol. The zero-order valence-electron chi connectivity index (χ0n) is 11.0. The zero-order chi connectivity index (χ0) is 14.2. The minimum Gasteiger partial charge on any atom is -0.397 e. The smallest absolute Gasteiger partial charge is 0.259 e. The SMILES string of the molecule is Cc1cc(N)c(NC(=O)c2cnn(C)c2C)c(Br)c1. The molecule has 1 amide bonds. The molecule has 3 N–H and O–H groups in total. The highest BCUT2D eigenvalue weighted by Crippen LogP contribution is 2.30. The minimum absolute atomic E-state index is 0.221. The largest absolute Gasteiger partial charge is 0.397 e. The molecular weight excluding hydrogens is 308 g/mol. The first-order valence-corrected chi connectivity index (χ1v) is 6.55. The van der Waals surface area contributed by atoms with E-state index in [1.54, 1.807) is 17.9 Å². The summed E-state index contributed by atoms with van der Waals surface area (Å²) < 4.78 is 2.42. The van der Waals surface area contributed by atoms with Crippen LogP contribution in [0, 0.1) is 13.8 Å². The molecule has 0 saturated carbocycles. The van der Waals surface area contributed by atoms with Crippen molar-refractivity contribution in [2.45, 2.75) is 13.8 Å². The third-order valence-corrected chi connectivity index (χ3v) is 3.61. The third-order valence-electron chi connectivity index (χ3n) is 2.98. The van der Waals surface area contributed by atoms with Crippen LogP contribution >= 0.6 is 15.9 Å². The van der Waals surface area contributed by atoms with Crippen LogP contribution in [0.3, 0.4) is 0 Å². The first-order chi connectivity index (χ1) is 8.90. The number of aryl methyl sites for hydroxylation is 2. The Kier molecular flexibility index (Phi) is 3.61. The van der Waals surface area contributed by atoms with Gasteiger partial charge in [-0.25, -0.2) is 0 Å². The van der Waals surface area contributed by atoms with Gasteiger partial charge >= 0.3 is 0 Å². The predicted octanol–water partition coefficient (Wildman–Crippen LogP) is 2.63. The first kappa shape index (κ1) is 13.6. The van der Waals surface area contributed by atoms with Gasteiger partial charge in [0.2, 0.25) is 0 Å². The molecule has 0 fully saturated rings. The van der Waals surface area contributed by atoms with Crippen molar-refractivity contribution in [2.75, 3.05) is 11.1 Å². The van der Waals surface area contributed by atoms with Gasteiger partial charge in [-0.3, -0.25) is 9.48 Å². The van der Waals surface area contributed by atoms with Crippen LogP contribution in [-0.2, 0) is 7.05 Å². The molecule has 0 unspecified atom stereocenters. The molecule has 0 bridgehead atoms. The number of halogens is 1. The summed E-state index contributed by atoms with van der Waals surface area (Å²) in [5.41, 5.74) is 9.41. The zero-order valence-corrected chi connectivity index (χ0v) is 12.6. The summed E-state index contributed by atoms with van der Waals surface area (Å²) in [6.07, 6.45) is 1.54. The molecule has 0 spiro atoms. The lowest BCUT2D eigenvalue weighted by molar-refractivity contribution is 0.102. The number of hydrogen-bond acceptors (Lipinski definition) is 3. The molecule has 6 heteroatoms. The quantitative estimate of drug-likeness (QED) is 0.835. The first-order valence-electron chi connectivity index (χ1n) is 5.75. The number of anilines is 2. The molecule has 19 heavy (non-hydrogen) atoms. The van der Waals surface area contributed by atoms with Crippen LogP contribution in [0.1, 0.15) is 21.6 Å². The molecule has 2 aromatic rings. The van der Waals surface area contributed by atoms with Crippen LogP contribution in [0.25, 0.3) is 0 Å². The number of carbonyl (C=O) groups is 1. The standard InChI is InChI=1S/C13H15BrN4O/c1-7-4-10(14)12(11(15)5-7)17-13(19)9-6-16-18(3)8(9)2/h4-6H,15H2,1-3H3,(H,17,19). The highest BCUT2D eigenvalue weighted by Gasteiger charge is 2.15. The fraction of sp³-hybridized carbons (Fsp3) is 0.231. The molecule has 1 aromatic carbocycles. The maximum Gasteiger partial charge on any atom is 0.259 e. The van der Waals surface area contributed by atoms with Crippen LogP contribution in [0.2, 0.25) is 0 Å². The van der Waals surface area contributed by atoms with Gasteiger partial charge in [0.05, 0.1) is 23.1 Å². The lowest BCUT2D eigenvalue weighted by Gasteiger charge is -2.11. The molecule has 1 aromatic heterocycles. The summed E-state index contributed by atoms with van der Waals surface area (Å²) in [6.45, 7) is 3.79. The van der Waals surface area contributed by atoms with Crippen molar-refractivity contribution < 1.29 is 4.79 Å². The number of carbonyl (C=O) groups excluding carboxylic acids is 1. The van der Waals surface area contributed by atoms with E-state index in [1.165, 1.54) is 0 Å². The van der Waals surface area contributed by atoms with Crippen molar-refractivity contribution in [3.05, 3.63) is 39.6 Å². The van der Waals surface area contributed by atoms with E-state index in [9.17, 15) is 4.79 Å². The number of nitrogens with two attached hydrogens (primary N) is 1. The normalized spacial score (nSPS) is 10.5. The summed E-state index contributed by atoms with van der Waals surface area (Å²) in [5.74, 6) is -0.221. The van der Waals surface area contributed by atoms with Crippen molar-refractivity contribution in [1.82, 2.24) is 9.78 Å². The summed E-state index contributed by atoms with van der Waals surface area (Å²) in [6, 6.07) is 3.72. The van der Waals surface area contributed by atoms with E-state index in [0.29, 0.717) is 16.9 Å². The van der Waals surface area contributed by atoms with Crippen molar-refractivity contribution in [2.24, 2.45) is 7.05 Å². The molecule has 0 atom stereocenters. The molecule has 2 rings (SSSR count). The van der Waals surface area contributed by atoms with Crippen LogP contribution in [-0.4, -0.2) is 15.7 Å². The maximum absolute atomic E-state index is 12.2. The van der Waals surface area contributed by atoms with Gasteiger partial charge in [0, 0.05) is 17.2 Å². The van der Waals surface area contributed by atoms with Gasteiger partial charge in [-0.15, -0.1) is 0 Å². The lowest BCUT2D eigenvalue weighted by Crippen LogP contribution is -2.14. The summed E-state index contributed by atoms with van der Waals surface area (Å²) in [4.78, 5) is 12.2. The van der Waals surface area contributed by atoms with Crippen LogP contribution in [0.4, 0.5) is 11.4 Å². The van der Waals surface area contributed by atoms with Gasteiger partial charge in [-0.1, -0.05) is 0 Å². The van der Waals surface area contributed by atoms with Gasteiger partial charge in [0.15, 0.2) is 0 Å². The highest BCUT2D eigenvalue weighted by molar-refractivity contribution is 9.10. The van der Waals surface area contributed by atoms with E-state index in [1.807, 2.05) is 26.0 Å². The number of benzene rings is 1. The minimum atomic E-state index is -0.221. The van der Waals surface area contributed by atoms with E-state index in [-0.39, 0.29) is 5.91 Å². The van der Waals surface area contributed by atoms with Gasteiger partial charge in [0.1, 0.15) is 0 Å². The van der Waals surface area contributed by atoms with Gasteiger partial charge in [-0.05, 0) is 47.5 Å². The molecule has 0 aliphatic heterocycles. The Hall–Kier alpha value is -1.82. The summed E-state index contributed by atoms with van der Waals surface area (Å²) in [5, 5.41) is 6.86. The molecule has 0 aliphatic rings.